The van der Waals surface area contributed by atoms with Gasteiger partial charge in [-0.1, -0.05) is 60.7 Å². The SMILES string of the molecule is O=C(Oc1c(O)c2ccccc2c2ccccc12)c1ccccc1O. The number of carbonyl (C=O) groups is 1. The summed E-state index contributed by atoms with van der Waals surface area (Å²) in [5, 5.41) is 23.5. The molecular weight excluding hydrogens is 316 g/mol. The lowest BCUT2D eigenvalue weighted by Crippen LogP contribution is -2.09. The van der Waals surface area contributed by atoms with Gasteiger partial charge >= 0.3 is 5.97 Å². The third-order valence-electron chi connectivity index (χ3n) is 4.18. The topological polar surface area (TPSA) is 66.8 Å². The summed E-state index contributed by atoms with van der Waals surface area (Å²) in [4.78, 5) is 12.5. The van der Waals surface area contributed by atoms with E-state index in [1.807, 2.05) is 36.4 Å². The lowest BCUT2D eigenvalue weighted by molar-refractivity contribution is 0.0729. The van der Waals surface area contributed by atoms with Crippen LogP contribution >= 0.6 is 0 Å². The second-order valence-electron chi connectivity index (χ2n) is 5.68. The summed E-state index contributed by atoms with van der Waals surface area (Å²) in [6.45, 7) is 0. The third-order valence-corrected chi connectivity index (χ3v) is 4.18. The lowest BCUT2D eigenvalue weighted by atomic mass is 10.00. The van der Waals surface area contributed by atoms with Gasteiger partial charge in [0.2, 0.25) is 0 Å². The van der Waals surface area contributed by atoms with E-state index in [1.54, 1.807) is 24.3 Å². The standard InChI is InChI=1S/C21H14O4/c22-18-12-6-5-11-17(18)21(24)25-20-16-10-4-2-8-14(16)13-7-1-3-9-15(13)19(20)23/h1-12,22-23H. The summed E-state index contributed by atoms with van der Waals surface area (Å²) in [7, 11) is 0. The molecule has 0 aliphatic rings. The number of rotatable bonds is 2. The second-order valence-corrected chi connectivity index (χ2v) is 5.68. The molecule has 0 fully saturated rings. The van der Waals surface area contributed by atoms with E-state index in [2.05, 4.69) is 0 Å². The van der Waals surface area contributed by atoms with Crippen molar-refractivity contribution in [1.82, 2.24) is 0 Å². The van der Waals surface area contributed by atoms with E-state index >= 15 is 0 Å². The van der Waals surface area contributed by atoms with Crippen LogP contribution in [-0.2, 0) is 0 Å². The maximum absolute atomic E-state index is 12.5. The molecule has 0 atom stereocenters. The van der Waals surface area contributed by atoms with Crippen molar-refractivity contribution in [3.8, 4) is 17.2 Å². The molecule has 4 heteroatoms. The molecule has 0 saturated carbocycles. The number of hydrogen-bond acceptors (Lipinski definition) is 4. The number of carbonyl (C=O) groups excluding carboxylic acids is 1. The van der Waals surface area contributed by atoms with E-state index in [4.69, 9.17) is 4.74 Å². The van der Waals surface area contributed by atoms with Crippen molar-refractivity contribution in [2.45, 2.75) is 0 Å². The smallest absolute Gasteiger partial charge is 0.347 e. The average molecular weight is 330 g/mol. The molecule has 4 nitrogen and oxygen atoms in total. The first kappa shape index (κ1) is 15.0. The molecule has 25 heavy (non-hydrogen) atoms. The lowest BCUT2D eigenvalue weighted by Gasteiger charge is -2.13. The minimum Gasteiger partial charge on any atom is -0.507 e. The molecule has 4 aromatic rings. The zero-order valence-electron chi connectivity index (χ0n) is 13.1. The monoisotopic (exact) mass is 330 g/mol. The van der Waals surface area contributed by atoms with Crippen LogP contribution in [-0.4, -0.2) is 16.2 Å². The molecule has 0 aliphatic heterocycles. The van der Waals surface area contributed by atoms with E-state index in [0.29, 0.717) is 10.8 Å². The fraction of sp³-hybridized carbons (Fsp3) is 0. The molecule has 0 aromatic heterocycles. The maximum atomic E-state index is 12.5. The minimum atomic E-state index is -0.728. The van der Waals surface area contributed by atoms with E-state index in [0.717, 1.165) is 10.8 Å². The molecule has 2 N–H and O–H groups in total. The number of benzene rings is 4. The van der Waals surface area contributed by atoms with Crippen LogP contribution in [0.3, 0.4) is 0 Å². The molecule has 0 heterocycles. The molecule has 0 unspecified atom stereocenters. The van der Waals surface area contributed by atoms with Crippen molar-refractivity contribution < 1.29 is 19.7 Å². The Morgan fingerprint density at radius 3 is 1.88 bits per heavy atom. The Balaban J connectivity index is 1.93. The predicted octanol–water partition coefficient (Wildman–Crippen LogP) is 4.62. The van der Waals surface area contributed by atoms with Crippen LogP contribution in [0.1, 0.15) is 10.4 Å². The summed E-state index contributed by atoms with van der Waals surface area (Å²) < 4.78 is 5.48. The zero-order chi connectivity index (χ0) is 17.4. The molecule has 0 saturated heterocycles. The van der Waals surface area contributed by atoms with Crippen molar-refractivity contribution in [1.29, 1.82) is 0 Å². The first-order chi connectivity index (χ1) is 12.2. The summed E-state index contributed by atoms with van der Waals surface area (Å²) in [6, 6.07) is 20.9. The van der Waals surface area contributed by atoms with Crippen LogP contribution in [0, 0.1) is 0 Å². The number of esters is 1. The van der Waals surface area contributed by atoms with Crippen LogP contribution < -0.4 is 4.74 Å². The minimum absolute atomic E-state index is 0.0409. The molecule has 0 amide bonds. The largest absolute Gasteiger partial charge is 0.507 e. The zero-order valence-corrected chi connectivity index (χ0v) is 13.1. The van der Waals surface area contributed by atoms with E-state index < -0.39 is 5.97 Å². The van der Waals surface area contributed by atoms with Crippen LogP contribution in [0.15, 0.2) is 72.8 Å². The van der Waals surface area contributed by atoms with Gasteiger partial charge in [0.1, 0.15) is 11.3 Å². The Bertz CT molecular complexity index is 1120. The number of phenolic OH excluding ortho intramolecular Hbond substituents is 2. The van der Waals surface area contributed by atoms with Crippen molar-refractivity contribution in [2.75, 3.05) is 0 Å². The number of aromatic hydroxyl groups is 2. The normalized spacial score (nSPS) is 10.9. The van der Waals surface area contributed by atoms with Gasteiger partial charge in [-0.25, -0.2) is 4.79 Å². The highest BCUT2D eigenvalue weighted by Gasteiger charge is 2.20. The molecule has 4 aromatic carbocycles. The number of hydrogen-bond donors (Lipinski definition) is 2. The molecule has 0 radical (unpaired) electrons. The maximum Gasteiger partial charge on any atom is 0.347 e. The van der Waals surface area contributed by atoms with Gasteiger partial charge in [0.05, 0.1) is 0 Å². The van der Waals surface area contributed by atoms with Crippen molar-refractivity contribution >= 4 is 27.5 Å². The van der Waals surface area contributed by atoms with Crippen LogP contribution in [0.4, 0.5) is 0 Å². The molecule has 4 rings (SSSR count). The fourth-order valence-electron chi connectivity index (χ4n) is 2.99. The van der Waals surface area contributed by atoms with Gasteiger partial charge in [-0.3, -0.25) is 0 Å². The summed E-state index contributed by atoms with van der Waals surface area (Å²) in [5.41, 5.74) is 0.0409. The van der Waals surface area contributed by atoms with Crippen LogP contribution in [0.5, 0.6) is 17.2 Å². The first-order valence-corrected chi connectivity index (χ1v) is 7.79. The van der Waals surface area contributed by atoms with Gasteiger partial charge in [0.15, 0.2) is 11.5 Å². The van der Waals surface area contributed by atoms with Crippen LogP contribution in [0.2, 0.25) is 0 Å². The Labute approximate surface area is 143 Å². The molecule has 0 spiro atoms. The number of phenols is 2. The summed E-state index contributed by atoms with van der Waals surface area (Å²) in [5.74, 6) is -0.911. The molecular formula is C21H14O4. The fourth-order valence-corrected chi connectivity index (χ4v) is 2.99. The van der Waals surface area contributed by atoms with Gasteiger partial charge in [0.25, 0.3) is 0 Å². The second kappa shape index (κ2) is 5.83. The predicted molar refractivity (Wildman–Crippen MR) is 96.2 cm³/mol. The Morgan fingerprint density at radius 2 is 1.20 bits per heavy atom. The van der Waals surface area contributed by atoms with E-state index in [-0.39, 0.29) is 22.8 Å². The van der Waals surface area contributed by atoms with Gasteiger partial charge < -0.3 is 14.9 Å². The Kier molecular flexibility index (Phi) is 3.51. The van der Waals surface area contributed by atoms with Crippen molar-refractivity contribution in [3.05, 3.63) is 78.4 Å². The third kappa shape index (κ3) is 2.44. The van der Waals surface area contributed by atoms with Gasteiger partial charge in [0, 0.05) is 10.8 Å². The highest BCUT2D eigenvalue weighted by molar-refractivity contribution is 6.14. The highest BCUT2D eigenvalue weighted by atomic mass is 16.5. The number of ether oxygens (including phenoxy) is 1. The first-order valence-electron chi connectivity index (χ1n) is 7.79. The molecule has 122 valence electrons. The Morgan fingerprint density at radius 1 is 0.680 bits per heavy atom. The summed E-state index contributed by atoms with van der Waals surface area (Å²) >= 11 is 0. The van der Waals surface area contributed by atoms with Gasteiger partial charge in [-0.05, 0) is 22.9 Å². The van der Waals surface area contributed by atoms with E-state index in [1.165, 1.54) is 12.1 Å². The van der Waals surface area contributed by atoms with Crippen molar-refractivity contribution in [3.63, 3.8) is 0 Å². The quantitative estimate of drug-likeness (QED) is 0.320. The summed E-state index contributed by atoms with van der Waals surface area (Å²) in [6.07, 6.45) is 0. The van der Waals surface area contributed by atoms with E-state index in [9.17, 15) is 15.0 Å². The highest BCUT2D eigenvalue weighted by Crippen LogP contribution is 2.43. The van der Waals surface area contributed by atoms with Crippen LogP contribution in [0.25, 0.3) is 21.5 Å². The number of para-hydroxylation sites is 1. The Hall–Kier alpha value is -3.53. The van der Waals surface area contributed by atoms with Crippen molar-refractivity contribution in [2.24, 2.45) is 0 Å². The molecule has 0 aliphatic carbocycles. The average Bonchev–Trinajstić information content (AvgIpc) is 2.65. The van der Waals surface area contributed by atoms with Gasteiger partial charge in [-0.2, -0.15) is 0 Å². The van der Waals surface area contributed by atoms with Gasteiger partial charge in [-0.15, -0.1) is 0 Å². The molecule has 0 bridgehead atoms. The number of fused-ring (bicyclic) bond motifs is 3.